The summed E-state index contributed by atoms with van der Waals surface area (Å²) in [4.78, 5) is 50.6. The lowest BCUT2D eigenvalue weighted by Crippen LogP contribution is -2.71. The van der Waals surface area contributed by atoms with Gasteiger partial charge in [0.1, 0.15) is 24.2 Å². The SMILES string of the molecule is CO/N=C(\C(=O)NC1C(=O)N2C(C(=O)OC(c3ccccc3)c3ccccc3)=C(/C=C/CCl)CS[C@H]12)c1nsc(N)n1. The van der Waals surface area contributed by atoms with Gasteiger partial charge in [-0.25, -0.2) is 4.79 Å². The normalized spacial score (nSPS) is 18.6. The van der Waals surface area contributed by atoms with Gasteiger partial charge >= 0.3 is 5.97 Å². The average molecular weight is 625 g/mol. The predicted octanol–water partition coefficient (Wildman–Crippen LogP) is 3.25. The molecule has 2 aliphatic rings. The largest absolute Gasteiger partial charge is 0.448 e. The zero-order chi connectivity index (χ0) is 29.6. The Morgan fingerprint density at radius 1 is 1.19 bits per heavy atom. The Morgan fingerprint density at radius 3 is 2.43 bits per heavy atom. The van der Waals surface area contributed by atoms with Crippen LogP contribution in [0.2, 0.25) is 0 Å². The molecule has 3 N–H and O–H groups in total. The third-order valence-electron chi connectivity index (χ3n) is 6.37. The second kappa shape index (κ2) is 13.2. The summed E-state index contributed by atoms with van der Waals surface area (Å²) < 4.78 is 10.1. The van der Waals surface area contributed by atoms with Gasteiger partial charge in [0.05, 0.1) is 0 Å². The minimum absolute atomic E-state index is 0.0256. The fourth-order valence-corrected chi connectivity index (χ4v) is 6.35. The Labute approximate surface area is 254 Å². The Morgan fingerprint density at radius 2 is 1.86 bits per heavy atom. The van der Waals surface area contributed by atoms with Crippen LogP contribution in [0.4, 0.5) is 5.13 Å². The first-order valence-corrected chi connectivity index (χ1v) is 15.0. The van der Waals surface area contributed by atoms with E-state index in [4.69, 9.17) is 26.9 Å². The van der Waals surface area contributed by atoms with Gasteiger partial charge in [-0.15, -0.1) is 23.4 Å². The van der Waals surface area contributed by atoms with Crippen LogP contribution in [0.25, 0.3) is 0 Å². The van der Waals surface area contributed by atoms with Gasteiger partial charge in [-0.05, 0) is 16.7 Å². The fourth-order valence-electron chi connectivity index (χ4n) is 4.51. The molecule has 11 nitrogen and oxygen atoms in total. The van der Waals surface area contributed by atoms with Crippen LogP contribution in [0.5, 0.6) is 0 Å². The van der Waals surface area contributed by atoms with E-state index in [-0.39, 0.29) is 28.2 Å². The summed E-state index contributed by atoms with van der Waals surface area (Å²) in [6, 6.07) is 17.8. The van der Waals surface area contributed by atoms with Crippen molar-refractivity contribution in [1.29, 1.82) is 0 Å². The number of benzene rings is 2. The number of carbonyl (C=O) groups is 3. The van der Waals surface area contributed by atoms with Gasteiger partial charge in [0.15, 0.2) is 11.2 Å². The number of nitrogens with one attached hydrogen (secondary N) is 1. The van der Waals surface area contributed by atoms with Crippen molar-refractivity contribution in [1.82, 2.24) is 19.6 Å². The van der Waals surface area contributed by atoms with Crippen molar-refractivity contribution in [2.75, 3.05) is 24.5 Å². The topological polar surface area (TPSA) is 149 Å². The minimum atomic E-state index is -0.944. The number of allylic oxidation sites excluding steroid dienone is 2. The standard InChI is InChI=1S/C28H25ClN6O5S2/c1-39-33-19(23-32-28(30)42-34-23)24(36)31-20-25(37)35-21(18(13-8-14-29)15-41-26(20)35)27(38)40-22(16-9-4-2-5-10-16)17-11-6-3-7-12-17/h2-13,20,22,26H,14-15H2,1H3,(H,31,36)(H2,30,32,34)/b13-8+,33-19-/t20?,26-/m1/s1. The lowest BCUT2D eigenvalue weighted by atomic mass is 10.0. The van der Waals surface area contributed by atoms with Crippen molar-refractivity contribution in [3.05, 3.63) is 101 Å². The number of hydrogen-bond donors (Lipinski definition) is 2. The molecule has 0 spiro atoms. The summed E-state index contributed by atoms with van der Waals surface area (Å²) in [5.41, 5.74) is 7.67. The maximum absolute atomic E-state index is 13.9. The van der Waals surface area contributed by atoms with Crippen LogP contribution in [-0.4, -0.2) is 67.9 Å². The highest BCUT2D eigenvalue weighted by Gasteiger charge is 2.54. The van der Waals surface area contributed by atoms with Crippen LogP contribution >= 0.6 is 34.9 Å². The van der Waals surface area contributed by atoms with E-state index in [2.05, 4.69) is 19.8 Å². The first kappa shape index (κ1) is 29.3. The zero-order valence-electron chi connectivity index (χ0n) is 22.2. The van der Waals surface area contributed by atoms with E-state index in [1.807, 2.05) is 60.7 Å². The molecule has 3 heterocycles. The summed E-state index contributed by atoms with van der Waals surface area (Å²) >= 11 is 8.17. The number of oxime groups is 1. The number of β-lactam (4-membered cyclic amide) rings is 1. The molecule has 1 fully saturated rings. The Balaban J connectivity index is 1.41. The number of esters is 1. The molecule has 3 aromatic rings. The van der Waals surface area contributed by atoms with Gasteiger partial charge in [0.2, 0.25) is 11.5 Å². The molecular weight excluding hydrogens is 600 g/mol. The monoisotopic (exact) mass is 624 g/mol. The van der Waals surface area contributed by atoms with Crippen LogP contribution in [0.3, 0.4) is 0 Å². The number of nitrogen functional groups attached to an aromatic ring is 1. The van der Waals surface area contributed by atoms with E-state index >= 15 is 0 Å². The second-order valence-electron chi connectivity index (χ2n) is 8.98. The Bertz CT molecular complexity index is 1520. The number of carbonyl (C=O) groups excluding carboxylic acids is 3. The van der Waals surface area contributed by atoms with Crippen molar-refractivity contribution < 1.29 is 24.0 Å². The number of rotatable bonds is 10. The van der Waals surface area contributed by atoms with Crippen molar-refractivity contribution in [3.8, 4) is 0 Å². The van der Waals surface area contributed by atoms with Crippen LogP contribution in [0.15, 0.2) is 89.2 Å². The number of hydrogen-bond acceptors (Lipinski definition) is 11. The van der Waals surface area contributed by atoms with Gasteiger partial charge in [0.25, 0.3) is 11.8 Å². The molecule has 0 aliphatic carbocycles. The van der Waals surface area contributed by atoms with Gasteiger partial charge in [-0.3, -0.25) is 14.5 Å². The number of fused-ring (bicyclic) bond motifs is 1. The van der Waals surface area contributed by atoms with Crippen LogP contribution in [0, 0.1) is 0 Å². The molecule has 2 atom stereocenters. The number of amides is 2. The van der Waals surface area contributed by atoms with Gasteiger partial charge in [-0.2, -0.15) is 9.36 Å². The smallest absolute Gasteiger partial charge is 0.356 e. The van der Waals surface area contributed by atoms with Crippen LogP contribution in [0.1, 0.15) is 23.1 Å². The van der Waals surface area contributed by atoms with Crippen molar-refractivity contribution in [2.24, 2.45) is 5.16 Å². The number of nitrogens with zero attached hydrogens (tertiary/aromatic N) is 4. The molecule has 2 amide bonds. The van der Waals surface area contributed by atoms with E-state index in [1.54, 1.807) is 12.2 Å². The third-order valence-corrected chi connectivity index (χ3v) is 8.39. The summed E-state index contributed by atoms with van der Waals surface area (Å²) in [6.45, 7) is 0. The summed E-state index contributed by atoms with van der Waals surface area (Å²) in [6.07, 6.45) is 2.70. The summed E-state index contributed by atoms with van der Waals surface area (Å²) in [5, 5.41) is 5.97. The van der Waals surface area contributed by atoms with Gasteiger partial charge in [-0.1, -0.05) is 78.0 Å². The molecule has 5 rings (SSSR count). The molecule has 42 heavy (non-hydrogen) atoms. The Kier molecular flexibility index (Phi) is 9.20. The summed E-state index contributed by atoms with van der Waals surface area (Å²) in [5.74, 6) is -1.30. The molecular formula is C28H25ClN6O5S2. The minimum Gasteiger partial charge on any atom is -0.448 e. The molecule has 1 aromatic heterocycles. The molecule has 14 heteroatoms. The maximum atomic E-state index is 13.9. The van der Waals surface area contributed by atoms with Crippen LogP contribution < -0.4 is 11.1 Å². The third kappa shape index (κ3) is 6.03. The average Bonchev–Trinajstić information content (AvgIpc) is 3.45. The van der Waals surface area contributed by atoms with E-state index in [0.717, 1.165) is 22.7 Å². The molecule has 2 aromatic carbocycles. The van der Waals surface area contributed by atoms with Crippen molar-refractivity contribution in [3.63, 3.8) is 0 Å². The molecule has 0 bridgehead atoms. The fraction of sp³-hybridized carbons (Fsp3) is 0.214. The van der Waals surface area contributed by atoms with Gasteiger partial charge in [0, 0.05) is 23.2 Å². The number of anilines is 1. The van der Waals surface area contributed by atoms with E-state index < -0.39 is 35.3 Å². The Hall–Kier alpha value is -4.20. The zero-order valence-corrected chi connectivity index (χ0v) is 24.6. The van der Waals surface area contributed by atoms with E-state index in [9.17, 15) is 14.4 Å². The highest BCUT2D eigenvalue weighted by molar-refractivity contribution is 8.00. The molecule has 216 valence electrons. The number of alkyl halides is 1. The number of halogens is 1. The van der Waals surface area contributed by atoms with Gasteiger partial charge < -0.3 is 20.6 Å². The number of aromatic nitrogens is 2. The van der Waals surface area contributed by atoms with E-state index in [0.29, 0.717) is 11.3 Å². The maximum Gasteiger partial charge on any atom is 0.356 e. The van der Waals surface area contributed by atoms with Crippen molar-refractivity contribution in [2.45, 2.75) is 17.5 Å². The number of thioether (sulfide) groups is 1. The molecule has 2 aliphatic heterocycles. The number of nitrogens with two attached hydrogens (primary N) is 1. The predicted molar refractivity (Wildman–Crippen MR) is 161 cm³/mol. The second-order valence-corrected chi connectivity index (χ2v) is 11.2. The van der Waals surface area contributed by atoms with E-state index in [1.165, 1.54) is 23.8 Å². The van der Waals surface area contributed by atoms with Crippen molar-refractivity contribution >= 4 is 63.5 Å². The molecule has 0 radical (unpaired) electrons. The lowest BCUT2D eigenvalue weighted by Gasteiger charge is -2.49. The van der Waals surface area contributed by atoms with Crippen LogP contribution in [-0.2, 0) is 24.0 Å². The first-order valence-electron chi connectivity index (χ1n) is 12.7. The highest BCUT2D eigenvalue weighted by atomic mass is 35.5. The summed E-state index contributed by atoms with van der Waals surface area (Å²) in [7, 11) is 1.27. The molecule has 0 saturated carbocycles. The molecule has 1 unspecified atom stereocenters. The number of ether oxygens (including phenoxy) is 1. The first-order chi connectivity index (χ1) is 20.4. The quantitative estimate of drug-likeness (QED) is 0.114. The highest BCUT2D eigenvalue weighted by Crippen LogP contribution is 2.42. The molecule has 1 saturated heterocycles. The lowest BCUT2D eigenvalue weighted by molar-refractivity contribution is -0.154.